The van der Waals surface area contributed by atoms with Crippen LogP contribution in [0.3, 0.4) is 0 Å². The molecule has 88 valence electrons. The molecule has 1 saturated heterocycles. The Kier molecular flexibility index (Phi) is 3.83. The lowest BCUT2D eigenvalue weighted by Gasteiger charge is -2.13. The molecule has 0 spiro atoms. The summed E-state index contributed by atoms with van der Waals surface area (Å²) in [6.45, 7) is 6.34. The van der Waals surface area contributed by atoms with E-state index in [0.29, 0.717) is 12.0 Å². The van der Waals surface area contributed by atoms with Crippen molar-refractivity contribution < 1.29 is 4.74 Å². The summed E-state index contributed by atoms with van der Waals surface area (Å²) < 4.78 is 5.82. The fraction of sp³-hybridized carbons (Fsp3) is 0.571. The third-order valence-electron chi connectivity index (χ3n) is 3.14. The highest BCUT2D eigenvalue weighted by atomic mass is 16.5. The fourth-order valence-electron chi connectivity index (χ4n) is 2.06. The van der Waals surface area contributed by atoms with E-state index in [1.54, 1.807) is 0 Å². The number of rotatable bonds is 4. The van der Waals surface area contributed by atoms with Crippen molar-refractivity contribution in [3.8, 4) is 5.75 Å². The zero-order valence-corrected chi connectivity index (χ0v) is 10.2. The van der Waals surface area contributed by atoms with Crippen LogP contribution in [0, 0.1) is 0 Å². The van der Waals surface area contributed by atoms with Gasteiger partial charge in [0.25, 0.3) is 0 Å². The van der Waals surface area contributed by atoms with Crippen LogP contribution in [0.1, 0.15) is 38.2 Å². The molecule has 0 radical (unpaired) electrons. The summed E-state index contributed by atoms with van der Waals surface area (Å²) >= 11 is 0. The minimum absolute atomic E-state index is 0.544. The van der Waals surface area contributed by atoms with Gasteiger partial charge in [-0.3, -0.25) is 0 Å². The molecule has 0 aromatic heterocycles. The summed E-state index contributed by atoms with van der Waals surface area (Å²) in [5, 5.41) is 3.44. The molecule has 1 unspecified atom stereocenters. The summed E-state index contributed by atoms with van der Waals surface area (Å²) in [5.41, 5.74) is 1.34. The molecule has 1 atom stereocenters. The third kappa shape index (κ3) is 2.99. The number of ether oxygens (including phenoxy) is 1. The molecule has 1 heterocycles. The van der Waals surface area contributed by atoms with Gasteiger partial charge in [-0.1, -0.05) is 26.0 Å². The van der Waals surface area contributed by atoms with Crippen molar-refractivity contribution in [3.63, 3.8) is 0 Å². The second kappa shape index (κ2) is 5.35. The van der Waals surface area contributed by atoms with Crippen LogP contribution in [-0.2, 0) is 0 Å². The molecule has 1 N–H and O–H groups in total. The molecule has 2 nitrogen and oxygen atoms in total. The first-order chi connectivity index (χ1) is 7.75. The zero-order valence-electron chi connectivity index (χ0n) is 10.2. The Balaban J connectivity index is 1.90. The maximum Gasteiger partial charge on any atom is 0.119 e. The predicted molar refractivity (Wildman–Crippen MR) is 67.1 cm³/mol. The maximum absolute atomic E-state index is 5.82. The van der Waals surface area contributed by atoms with Crippen molar-refractivity contribution in [1.29, 1.82) is 0 Å². The van der Waals surface area contributed by atoms with Crippen LogP contribution in [-0.4, -0.2) is 19.2 Å². The molecule has 0 saturated carbocycles. The van der Waals surface area contributed by atoms with Crippen molar-refractivity contribution in [2.75, 3.05) is 13.2 Å². The van der Waals surface area contributed by atoms with Crippen LogP contribution in [0.15, 0.2) is 24.3 Å². The van der Waals surface area contributed by atoms with Crippen LogP contribution in [0.5, 0.6) is 5.75 Å². The molecule has 1 aromatic rings. The molecular formula is C14H21NO. The maximum atomic E-state index is 5.82. The molecule has 1 fully saturated rings. The van der Waals surface area contributed by atoms with Gasteiger partial charge in [0, 0.05) is 6.04 Å². The van der Waals surface area contributed by atoms with E-state index in [0.717, 1.165) is 18.9 Å². The lowest BCUT2D eigenvalue weighted by Crippen LogP contribution is -2.28. The van der Waals surface area contributed by atoms with Gasteiger partial charge in [-0.15, -0.1) is 0 Å². The second-order valence-corrected chi connectivity index (χ2v) is 4.83. The number of hydrogen-bond acceptors (Lipinski definition) is 2. The molecule has 1 aliphatic heterocycles. The van der Waals surface area contributed by atoms with E-state index < -0.39 is 0 Å². The highest BCUT2D eigenvalue weighted by Gasteiger charge is 2.14. The number of benzene rings is 1. The molecule has 1 aromatic carbocycles. The molecule has 2 rings (SSSR count). The Morgan fingerprint density at radius 3 is 3.00 bits per heavy atom. The van der Waals surface area contributed by atoms with Crippen molar-refractivity contribution in [2.24, 2.45) is 0 Å². The normalized spacial score (nSPS) is 20.3. The van der Waals surface area contributed by atoms with Gasteiger partial charge in [-0.2, -0.15) is 0 Å². The van der Waals surface area contributed by atoms with E-state index >= 15 is 0 Å². The molecule has 2 heteroatoms. The van der Waals surface area contributed by atoms with Crippen molar-refractivity contribution >= 4 is 0 Å². The molecule has 0 bridgehead atoms. The summed E-state index contributed by atoms with van der Waals surface area (Å²) in [4.78, 5) is 0. The van der Waals surface area contributed by atoms with Crippen LogP contribution in [0.4, 0.5) is 0 Å². The highest BCUT2D eigenvalue weighted by molar-refractivity contribution is 5.30. The van der Waals surface area contributed by atoms with Crippen LogP contribution in [0.2, 0.25) is 0 Å². The highest BCUT2D eigenvalue weighted by Crippen LogP contribution is 2.20. The van der Waals surface area contributed by atoms with Gasteiger partial charge in [0.15, 0.2) is 0 Å². The lowest BCUT2D eigenvalue weighted by atomic mass is 10.0. The summed E-state index contributed by atoms with van der Waals surface area (Å²) in [5.74, 6) is 1.56. The molecule has 0 aliphatic carbocycles. The van der Waals surface area contributed by atoms with Crippen LogP contribution < -0.4 is 10.1 Å². The van der Waals surface area contributed by atoms with Gasteiger partial charge >= 0.3 is 0 Å². The molecule has 1 aliphatic rings. The van der Waals surface area contributed by atoms with E-state index in [-0.39, 0.29) is 0 Å². The average molecular weight is 219 g/mol. The smallest absolute Gasteiger partial charge is 0.119 e. The number of nitrogens with one attached hydrogen (secondary N) is 1. The van der Waals surface area contributed by atoms with Crippen LogP contribution in [0.25, 0.3) is 0 Å². The van der Waals surface area contributed by atoms with Gasteiger partial charge < -0.3 is 10.1 Å². The van der Waals surface area contributed by atoms with Gasteiger partial charge in [0.1, 0.15) is 12.4 Å². The Morgan fingerprint density at radius 2 is 2.31 bits per heavy atom. The van der Waals surface area contributed by atoms with E-state index in [2.05, 4.69) is 37.4 Å². The minimum Gasteiger partial charge on any atom is -0.492 e. The summed E-state index contributed by atoms with van der Waals surface area (Å²) in [7, 11) is 0. The van der Waals surface area contributed by atoms with E-state index in [4.69, 9.17) is 4.74 Å². The van der Waals surface area contributed by atoms with Gasteiger partial charge in [0.05, 0.1) is 0 Å². The summed E-state index contributed by atoms with van der Waals surface area (Å²) in [6, 6.07) is 8.97. The van der Waals surface area contributed by atoms with E-state index in [1.165, 1.54) is 18.4 Å². The van der Waals surface area contributed by atoms with Gasteiger partial charge in [-0.25, -0.2) is 0 Å². The Bertz CT molecular complexity index is 329. The van der Waals surface area contributed by atoms with Crippen molar-refractivity contribution in [1.82, 2.24) is 5.32 Å². The van der Waals surface area contributed by atoms with E-state index in [1.807, 2.05) is 6.07 Å². The van der Waals surface area contributed by atoms with Crippen molar-refractivity contribution in [3.05, 3.63) is 29.8 Å². The number of hydrogen-bond donors (Lipinski definition) is 1. The third-order valence-corrected chi connectivity index (χ3v) is 3.14. The predicted octanol–water partition coefficient (Wildman–Crippen LogP) is 2.94. The molecule has 0 amide bonds. The second-order valence-electron chi connectivity index (χ2n) is 4.83. The standard InChI is InChI=1S/C14H21NO/c1-11(2)12-5-3-7-14(9-12)16-10-13-6-4-8-15-13/h3,5,7,9,11,13,15H,4,6,8,10H2,1-2H3. The molecule has 16 heavy (non-hydrogen) atoms. The topological polar surface area (TPSA) is 21.3 Å². The largest absolute Gasteiger partial charge is 0.492 e. The monoisotopic (exact) mass is 219 g/mol. The average Bonchev–Trinajstić information content (AvgIpc) is 2.79. The fourth-order valence-corrected chi connectivity index (χ4v) is 2.06. The zero-order chi connectivity index (χ0) is 11.4. The lowest BCUT2D eigenvalue weighted by molar-refractivity contribution is 0.277. The first-order valence-electron chi connectivity index (χ1n) is 6.22. The van der Waals surface area contributed by atoms with Crippen LogP contribution >= 0.6 is 0 Å². The quantitative estimate of drug-likeness (QED) is 0.840. The summed E-state index contributed by atoms with van der Waals surface area (Å²) in [6.07, 6.45) is 2.52. The van der Waals surface area contributed by atoms with Crippen molar-refractivity contribution in [2.45, 2.75) is 38.6 Å². The van der Waals surface area contributed by atoms with Gasteiger partial charge in [-0.05, 0) is 43.0 Å². The van der Waals surface area contributed by atoms with Gasteiger partial charge in [0.2, 0.25) is 0 Å². The Hall–Kier alpha value is -1.02. The first-order valence-corrected chi connectivity index (χ1v) is 6.22. The molecular weight excluding hydrogens is 198 g/mol. The SMILES string of the molecule is CC(C)c1cccc(OCC2CCCN2)c1. The minimum atomic E-state index is 0.544. The Labute approximate surface area is 98.0 Å². The Morgan fingerprint density at radius 1 is 1.44 bits per heavy atom. The first kappa shape index (κ1) is 11.5. The van der Waals surface area contributed by atoms with E-state index in [9.17, 15) is 0 Å².